The summed E-state index contributed by atoms with van der Waals surface area (Å²) in [6, 6.07) is 0. The van der Waals surface area contributed by atoms with Gasteiger partial charge < -0.3 is 5.11 Å². The number of ketones is 1. The van der Waals surface area contributed by atoms with E-state index in [2.05, 4.69) is 30.9 Å². The van der Waals surface area contributed by atoms with Crippen molar-refractivity contribution in [2.45, 2.75) is 13.8 Å². The summed E-state index contributed by atoms with van der Waals surface area (Å²) >= 11 is 0. The highest BCUT2D eigenvalue weighted by Crippen LogP contribution is 2.08. The molecule has 1 heterocycles. The van der Waals surface area contributed by atoms with Crippen LogP contribution in [-0.4, -0.2) is 31.5 Å². The SMILES string of the molecule is CC(=O)/C(N=Nc1nn[nH]n1)=C(\C)O. The summed E-state index contributed by atoms with van der Waals surface area (Å²) in [6.07, 6.45) is 0. The molecule has 0 aromatic carbocycles. The van der Waals surface area contributed by atoms with Crippen LogP contribution in [-0.2, 0) is 4.79 Å². The summed E-state index contributed by atoms with van der Waals surface area (Å²) in [6.45, 7) is 2.61. The second-order valence-electron chi connectivity index (χ2n) is 2.40. The number of H-pyrrole nitrogens is 1. The molecule has 1 aromatic rings. The van der Waals surface area contributed by atoms with Crippen molar-refractivity contribution in [3.63, 3.8) is 0 Å². The van der Waals surface area contributed by atoms with Gasteiger partial charge in [-0.05, 0) is 12.1 Å². The topological polar surface area (TPSA) is 116 Å². The lowest BCUT2D eigenvalue weighted by atomic mass is 10.3. The number of hydrogen-bond donors (Lipinski definition) is 2. The first kappa shape index (κ1) is 9.96. The summed E-state index contributed by atoms with van der Waals surface area (Å²) in [7, 11) is 0. The number of nitrogens with one attached hydrogen (secondary N) is 1. The van der Waals surface area contributed by atoms with Crippen LogP contribution in [0.25, 0.3) is 0 Å². The van der Waals surface area contributed by atoms with Gasteiger partial charge in [0.05, 0.1) is 0 Å². The van der Waals surface area contributed by atoms with E-state index in [1.54, 1.807) is 0 Å². The molecule has 0 saturated heterocycles. The third-order valence-electron chi connectivity index (χ3n) is 1.25. The highest BCUT2D eigenvalue weighted by atomic mass is 16.3. The average Bonchev–Trinajstić information content (AvgIpc) is 2.55. The molecule has 0 spiro atoms. The quantitative estimate of drug-likeness (QED) is 0.418. The first-order chi connectivity index (χ1) is 6.61. The zero-order chi connectivity index (χ0) is 10.6. The van der Waals surface area contributed by atoms with E-state index >= 15 is 0 Å². The molecule has 1 aromatic heterocycles. The van der Waals surface area contributed by atoms with Crippen molar-refractivity contribution in [1.29, 1.82) is 0 Å². The monoisotopic (exact) mass is 196 g/mol. The lowest BCUT2D eigenvalue weighted by molar-refractivity contribution is -0.113. The number of allylic oxidation sites excluding steroid dienone is 2. The van der Waals surface area contributed by atoms with Crippen LogP contribution in [0.4, 0.5) is 5.95 Å². The standard InChI is InChI=1S/C6H8N6O2/c1-3(13)5(4(2)14)7-8-6-9-11-12-10-6/h13H,1-2H3,(H,9,10,11,12)/b5-3-,8-7?. The largest absolute Gasteiger partial charge is 0.510 e. The van der Waals surface area contributed by atoms with Crippen LogP contribution in [0.15, 0.2) is 21.7 Å². The van der Waals surface area contributed by atoms with E-state index in [1.165, 1.54) is 13.8 Å². The molecule has 0 aliphatic heterocycles. The number of azo groups is 1. The van der Waals surface area contributed by atoms with Crippen LogP contribution in [0.2, 0.25) is 0 Å². The average molecular weight is 196 g/mol. The molecule has 0 atom stereocenters. The van der Waals surface area contributed by atoms with Crippen molar-refractivity contribution in [2.24, 2.45) is 10.2 Å². The molecule has 0 radical (unpaired) electrons. The number of aliphatic hydroxyl groups excluding tert-OH is 1. The Labute approximate surface area is 78.7 Å². The molecular weight excluding hydrogens is 188 g/mol. The van der Waals surface area contributed by atoms with E-state index in [0.717, 1.165) is 0 Å². The minimum absolute atomic E-state index is 0.00926. The normalized spacial score (nSPS) is 13.0. The third-order valence-corrected chi connectivity index (χ3v) is 1.25. The van der Waals surface area contributed by atoms with E-state index < -0.39 is 5.78 Å². The molecule has 1 rings (SSSR count). The Morgan fingerprint density at radius 1 is 1.50 bits per heavy atom. The predicted molar refractivity (Wildman–Crippen MR) is 44.7 cm³/mol. The molecule has 0 aliphatic carbocycles. The lowest BCUT2D eigenvalue weighted by Gasteiger charge is -1.94. The first-order valence-electron chi connectivity index (χ1n) is 3.67. The van der Waals surface area contributed by atoms with Crippen molar-refractivity contribution in [1.82, 2.24) is 20.6 Å². The fourth-order valence-electron chi connectivity index (χ4n) is 0.691. The molecule has 0 unspecified atom stereocenters. The van der Waals surface area contributed by atoms with E-state index in [1.807, 2.05) is 0 Å². The summed E-state index contributed by atoms with van der Waals surface area (Å²) in [4.78, 5) is 10.9. The van der Waals surface area contributed by atoms with Gasteiger partial charge in [0, 0.05) is 6.92 Å². The van der Waals surface area contributed by atoms with Gasteiger partial charge in [-0.15, -0.1) is 15.3 Å². The van der Waals surface area contributed by atoms with Crippen LogP contribution < -0.4 is 0 Å². The lowest BCUT2D eigenvalue weighted by Crippen LogP contribution is -1.96. The van der Waals surface area contributed by atoms with Gasteiger partial charge in [-0.3, -0.25) is 4.79 Å². The van der Waals surface area contributed by atoms with Gasteiger partial charge in [0.15, 0.2) is 11.5 Å². The van der Waals surface area contributed by atoms with Gasteiger partial charge in [-0.25, -0.2) is 0 Å². The van der Waals surface area contributed by atoms with Gasteiger partial charge in [0.25, 0.3) is 0 Å². The maximum Gasteiger partial charge on any atom is 0.307 e. The number of carbonyl (C=O) groups is 1. The number of hydrogen-bond acceptors (Lipinski definition) is 7. The highest BCUT2D eigenvalue weighted by molar-refractivity contribution is 5.93. The minimum Gasteiger partial charge on any atom is -0.510 e. The highest BCUT2D eigenvalue weighted by Gasteiger charge is 2.06. The van der Waals surface area contributed by atoms with Crippen molar-refractivity contribution in [3.8, 4) is 0 Å². The van der Waals surface area contributed by atoms with Gasteiger partial charge >= 0.3 is 5.95 Å². The van der Waals surface area contributed by atoms with Crippen LogP contribution in [0.1, 0.15) is 13.8 Å². The molecule has 0 amide bonds. The molecule has 8 heteroatoms. The first-order valence-corrected chi connectivity index (χ1v) is 3.67. The summed E-state index contributed by atoms with van der Waals surface area (Å²) in [5.74, 6) is -0.605. The number of aliphatic hydroxyl groups is 1. The van der Waals surface area contributed by atoms with Crippen molar-refractivity contribution in [2.75, 3.05) is 0 Å². The molecule has 0 bridgehead atoms. The van der Waals surface area contributed by atoms with Crippen LogP contribution in [0.3, 0.4) is 0 Å². The van der Waals surface area contributed by atoms with E-state index in [9.17, 15) is 4.79 Å². The number of aromatic amines is 1. The van der Waals surface area contributed by atoms with E-state index in [0.29, 0.717) is 0 Å². The number of nitrogens with zero attached hydrogens (tertiary/aromatic N) is 5. The molecule has 74 valence electrons. The molecule has 0 saturated carbocycles. The smallest absolute Gasteiger partial charge is 0.307 e. The zero-order valence-electron chi connectivity index (χ0n) is 7.59. The van der Waals surface area contributed by atoms with Crippen molar-refractivity contribution >= 4 is 11.7 Å². The molecule has 14 heavy (non-hydrogen) atoms. The fraction of sp³-hybridized carbons (Fsp3) is 0.333. The number of aromatic nitrogens is 4. The van der Waals surface area contributed by atoms with Crippen LogP contribution >= 0.6 is 0 Å². The summed E-state index contributed by atoms with van der Waals surface area (Å²) < 4.78 is 0. The maximum atomic E-state index is 10.9. The minimum atomic E-state index is -0.391. The number of tetrazole rings is 1. The van der Waals surface area contributed by atoms with E-state index in [-0.39, 0.29) is 17.4 Å². The Balaban J connectivity index is 2.86. The summed E-state index contributed by atoms with van der Waals surface area (Å²) in [5.41, 5.74) is -0.130. The molecule has 0 fully saturated rings. The van der Waals surface area contributed by atoms with Gasteiger partial charge in [0.2, 0.25) is 0 Å². The number of rotatable bonds is 3. The molecule has 8 nitrogen and oxygen atoms in total. The van der Waals surface area contributed by atoms with Crippen LogP contribution in [0, 0.1) is 0 Å². The molecular formula is C6H8N6O2. The number of Topliss-reactive ketones (excluding diaryl/α,β-unsaturated/α-hetero) is 1. The molecule has 2 N–H and O–H groups in total. The van der Waals surface area contributed by atoms with E-state index in [4.69, 9.17) is 5.11 Å². The third kappa shape index (κ3) is 2.44. The van der Waals surface area contributed by atoms with Gasteiger partial charge in [-0.2, -0.15) is 5.21 Å². The predicted octanol–water partition coefficient (Wildman–Crippen LogP) is 0.662. The maximum absolute atomic E-state index is 10.9. The second-order valence-corrected chi connectivity index (χ2v) is 2.40. The van der Waals surface area contributed by atoms with Crippen molar-refractivity contribution in [3.05, 3.63) is 11.5 Å². The Kier molecular flexibility index (Phi) is 3.00. The van der Waals surface area contributed by atoms with Crippen LogP contribution in [0.5, 0.6) is 0 Å². The molecule has 0 aliphatic rings. The van der Waals surface area contributed by atoms with Crippen molar-refractivity contribution < 1.29 is 9.90 Å². The Morgan fingerprint density at radius 2 is 2.21 bits per heavy atom. The Bertz CT molecular complexity index is 375. The fourth-order valence-corrected chi connectivity index (χ4v) is 0.691. The summed E-state index contributed by atoms with van der Waals surface area (Å²) in [5, 5.41) is 28.4. The van der Waals surface area contributed by atoms with Gasteiger partial charge in [0.1, 0.15) is 5.76 Å². The Morgan fingerprint density at radius 3 is 2.64 bits per heavy atom. The Hall–Kier alpha value is -2.12. The van der Waals surface area contributed by atoms with Gasteiger partial charge in [-0.1, -0.05) is 5.10 Å². The zero-order valence-corrected chi connectivity index (χ0v) is 7.59. The number of carbonyl (C=O) groups excluding carboxylic acids is 1. The second kappa shape index (κ2) is 4.21.